The van der Waals surface area contributed by atoms with Gasteiger partial charge in [0.1, 0.15) is 5.76 Å². The van der Waals surface area contributed by atoms with Crippen LogP contribution in [0.15, 0.2) is 25.2 Å². The lowest BCUT2D eigenvalue weighted by Gasteiger charge is -1.94. The number of furan rings is 1. The topological polar surface area (TPSA) is 65.2 Å². The molecule has 0 fully saturated rings. The third kappa shape index (κ3) is 3.99. The van der Waals surface area contributed by atoms with Gasteiger partial charge < -0.3 is 9.15 Å². The fourth-order valence-electron chi connectivity index (χ4n) is 1.24. The first-order valence-electron chi connectivity index (χ1n) is 5.49. The van der Waals surface area contributed by atoms with Crippen molar-refractivity contribution in [2.45, 2.75) is 21.4 Å². The highest BCUT2D eigenvalue weighted by Crippen LogP contribution is 2.30. The molecule has 0 aromatic carbocycles. The van der Waals surface area contributed by atoms with Crippen LogP contribution in [0.5, 0.6) is 0 Å². The predicted octanol–water partition coefficient (Wildman–Crippen LogP) is 3.32. The number of carbonyl (C=O) groups is 1. The molecule has 5 nitrogen and oxygen atoms in total. The second-order valence-electron chi connectivity index (χ2n) is 3.31. The normalized spacial score (nSPS) is 10.6. The molecule has 8 heteroatoms. The molecule has 2 aromatic heterocycles. The quantitative estimate of drug-likeness (QED) is 0.598. The van der Waals surface area contributed by atoms with Crippen molar-refractivity contribution in [1.82, 2.24) is 10.2 Å². The van der Waals surface area contributed by atoms with Crippen LogP contribution in [-0.4, -0.2) is 29.0 Å². The molecule has 0 atom stereocenters. The van der Waals surface area contributed by atoms with Crippen molar-refractivity contribution in [3.8, 4) is 0 Å². The van der Waals surface area contributed by atoms with Crippen LogP contribution in [0, 0.1) is 0 Å². The zero-order valence-electron chi connectivity index (χ0n) is 10.4. The molecule has 0 radical (unpaired) electrons. The van der Waals surface area contributed by atoms with Crippen LogP contribution in [-0.2, 0) is 10.5 Å². The van der Waals surface area contributed by atoms with Gasteiger partial charge in [0.2, 0.25) is 5.76 Å². The second-order valence-corrected chi connectivity index (χ2v) is 7.02. The molecule has 19 heavy (non-hydrogen) atoms. The lowest BCUT2D eigenvalue weighted by molar-refractivity contribution is 0.0563. The van der Waals surface area contributed by atoms with Crippen molar-refractivity contribution in [3.05, 3.63) is 23.7 Å². The van der Waals surface area contributed by atoms with E-state index in [0.717, 1.165) is 14.4 Å². The third-order valence-electron chi connectivity index (χ3n) is 2.04. The van der Waals surface area contributed by atoms with E-state index in [1.807, 2.05) is 0 Å². The van der Waals surface area contributed by atoms with Crippen molar-refractivity contribution >= 4 is 40.8 Å². The number of hydrogen-bond donors (Lipinski definition) is 0. The van der Waals surface area contributed by atoms with E-state index in [1.54, 1.807) is 35.2 Å². The molecule has 0 aliphatic carbocycles. The Balaban J connectivity index is 1.90. The minimum Gasteiger partial charge on any atom is -0.463 e. The van der Waals surface area contributed by atoms with Gasteiger partial charge in [-0.2, -0.15) is 0 Å². The van der Waals surface area contributed by atoms with Crippen LogP contribution in [0.4, 0.5) is 0 Å². The van der Waals surface area contributed by atoms with E-state index in [9.17, 15) is 4.79 Å². The molecular weight excluding hydrogens is 304 g/mol. The van der Waals surface area contributed by atoms with Gasteiger partial charge in [-0.25, -0.2) is 4.79 Å². The van der Waals surface area contributed by atoms with E-state index in [0.29, 0.717) is 11.5 Å². The summed E-state index contributed by atoms with van der Waals surface area (Å²) in [7, 11) is 1.33. The van der Waals surface area contributed by atoms with Crippen molar-refractivity contribution in [1.29, 1.82) is 0 Å². The summed E-state index contributed by atoms with van der Waals surface area (Å²) in [6.45, 7) is 2.08. The highest BCUT2D eigenvalue weighted by atomic mass is 32.2. The maximum Gasteiger partial charge on any atom is 0.373 e. The molecule has 0 aliphatic heterocycles. The van der Waals surface area contributed by atoms with Crippen LogP contribution in [0.2, 0.25) is 0 Å². The molecule has 0 amide bonds. The molecule has 2 rings (SSSR count). The highest BCUT2D eigenvalue weighted by molar-refractivity contribution is 8.02. The van der Waals surface area contributed by atoms with Crippen LogP contribution in [0.3, 0.4) is 0 Å². The number of carbonyl (C=O) groups excluding carboxylic acids is 1. The number of rotatable bonds is 6. The summed E-state index contributed by atoms with van der Waals surface area (Å²) in [5.74, 6) is 2.07. The first-order chi connectivity index (χ1) is 9.22. The molecule has 2 heterocycles. The van der Waals surface area contributed by atoms with E-state index in [2.05, 4.69) is 21.9 Å². The van der Waals surface area contributed by atoms with Gasteiger partial charge in [-0.3, -0.25) is 0 Å². The van der Waals surface area contributed by atoms with E-state index >= 15 is 0 Å². The van der Waals surface area contributed by atoms with Gasteiger partial charge in [-0.1, -0.05) is 41.8 Å². The lowest BCUT2D eigenvalue weighted by atomic mass is 10.4. The van der Waals surface area contributed by atoms with Gasteiger partial charge in [0.25, 0.3) is 0 Å². The van der Waals surface area contributed by atoms with E-state index in [-0.39, 0.29) is 5.76 Å². The minimum atomic E-state index is -0.464. The third-order valence-corrected chi connectivity index (χ3v) is 5.14. The molecule has 0 saturated heterocycles. The summed E-state index contributed by atoms with van der Waals surface area (Å²) >= 11 is 4.78. The highest BCUT2D eigenvalue weighted by Gasteiger charge is 2.12. The van der Waals surface area contributed by atoms with Crippen molar-refractivity contribution in [2.24, 2.45) is 0 Å². The van der Waals surface area contributed by atoms with Gasteiger partial charge in [-0.15, -0.1) is 10.2 Å². The summed E-state index contributed by atoms with van der Waals surface area (Å²) in [5, 5.41) is 8.16. The Bertz CT molecular complexity index is 553. The van der Waals surface area contributed by atoms with E-state index in [4.69, 9.17) is 4.42 Å². The monoisotopic (exact) mass is 316 g/mol. The van der Waals surface area contributed by atoms with Crippen molar-refractivity contribution in [3.63, 3.8) is 0 Å². The Morgan fingerprint density at radius 2 is 2.11 bits per heavy atom. The van der Waals surface area contributed by atoms with E-state index in [1.165, 1.54) is 18.9 Å². The summed E-state index contributed by atoms with van der Waals surface area (Å²) < 4.78 is 11.8. The zero-order chi connectivity index (χ0) is 13.7. The Hall–Kier alpha value is -0.990. The average molecular weight is 316 g/mol. The number of thioether (sulfide) groups is 2. The molecule has 102 valence electrons. The van der Waals surface area contributed by atoms with Gasteiger partial charge in [0, 0.05) is 0 Å². The fourth-order valence-corrected chi connectivity index (χ4v) is 4.05. The number of ether oxygens (including phenoxy) is 1. The van der Waals surface area contributed by atoms with Gasteiger partial charge in [0.05, 0.1) is 12.9 Å². The largest absolute Gasteiger partial charge is 0.463 e. The van der Waals surface area contributed by atoms with Crippen LogP contribution in [0.1, 0.15) is 23.2 Å². The molecule has 0 aliphatic rings. The maximum atomic E-state index is 11.2. The molecule has 0 spiro atoms. The van der Waals surface area contributed by atoms with Crippen molar-refractivity contribution in [2.75, 3.05) is 12.9 Å². The molecular formula is C11H12N2O3S3. The number of nitrogens with zero attached hydrogens (tertiary/aromatic N) is 2. The molecule has 0 unspecified atom stereocenters. The first-order valence-corrected chi connectivity index (χ1v) is 8.27. The standard InChI is InChI=1S/C11H12N2O3S3/c1-3-17-10-12-13-11(19-10)18-6-7-4-5-8(16-7)9(14)15-2/h4-5H,3,6H2,1-2H3. The number of aromatic nitrogens is 2. The van der Waals surface area contributed by atoms with Gasteiger partial charge in [-0.05, 0) is 17.9 Å². The summed E-state index contributed by atoms with van der Waals surface area (Å²) in [6, 6.07) is 3.38. The summed E-state index contributed by atoms with van der Waals surface area (Å²) in [6.07, 6.45) is 0. The smallest absolute Gasteiger partial charge is 0.373 e. The number of hydrogen-bond acceptors (Lipinski definition) is 8. The molecule has 0 N–H and O–H groups in total. The molecule has 0 saturated carbocycles. The number of esters is 1. The summed E-state index contributed by atoms with van der Waals surface area (Å²) in [4.78, 5) is 11.2. The SMILES string of the molecule is CCSc1nnc(SCc2ccc(C(=O)OC)o2)s1. The van der Waals surface area contributed by atoms with E-state index < -0.39 is 5.97 Å². The maximum absolute atomic E-state index is 11.2. The first kappa shape index (κ1) is 14.4. The van der Waals surface area contributed by atoms with Crippen LogP contribution in [0.25, 0.3) is 0 Å². The Morgan fingerprint density at radius 3 is 2.79 bits per heavy atom. The average Bonchev–Trinajstić information content (AvgIpc) is 3.05. The summed E-state index contributed by atoms with van der Waals surface area (Å²) in [5.41, 5.74) is 0. The Labute approximate surface area is 123 Å². The van der Waals surface area contributed by atoms with Crippen LogP contribution >= 0.6 is 34.9 Å². The van der Waals surface area contributed by atoms with Gasteiger partial charge >= 0.3 is 5.97 Å². The van der Waals surface area contributed by atoms with Crippen LogP contribution < -0.4 is 0 Å². The fraction of sp³-hybridized carbons (Fsp3) is 0.364. The lowest BCUT2D eigenvalue weighted by Crippen LogP contribution is -1.98. The Morgan fingerprint density at radius 1 is 1.37 bits per heavy atom. The Kier molecular flexibility index (Phi) is 5.29. The number of methoxy groups -OCH3 is 1. The zero-order valence-corrected chi connectivity index (χ0v) is 12.9. The second kappa shape index (κ2) is 6.97. The molecule has 2 aromatic rings. The predicted molar refractivity (Wildman–Crippen MR) is 75.9 cm³/mol. The minimum absolute atomic E-state index is 0.220. The van der Waals surface area contributed by atoms with Crippen molar-refractivity contribution < 1.29 is 13.9 Å². The van der Waals surface area contributed by atoms with Gasteiger partial charge in [0.15, 0.2) is 8.68 Å². The molecule has 0 bridgehead atoms.